The van der Waals surface area contributed by atoms with Crippen LogP contribution in [0.4, 0.5) is 0 Å². The van der Waals surface area contributed by atoms with Crippen LogP contribution in [0.15, 0.2) is 0 Å². The molecule has 0 bridgehead atoms. The van der Waals surface area contributed by atoms with Crippen molar-refractivity contribution in [3.05, 3.63) is 0 Å². The highest BCUT2D eigenvalue weighted by atomic mass is 16.2. The van der Waals surface area contributed by atoms with Crippen molar-refractivity contribution < 1.29 is 9.59 Å². The molecule has 3 saturated heterocycles. The number of carbonyl (C=O) groups is 2. The van der Waals surface area contributed by atoms with Crippen molar-refractivity contribution in [3.8, 4) is 0 Å². The first kappa shape index (κ1) is 9.15. The van der Waals surface area contributed by atoms with E-state index >= 15 is 0 Å². The quantitative estimate of drug-likeness (QED) is 0.527. The van der Waals surface area contributed by atoms with Crippen LogP contribution in [-0.2, 0) is 9.59 Å². The van der Waals surface area contributed by atoms with Crippen molar-refractivity contribution >= 4 is 11.8 Å². The number of likely N-dealkylation sites (tertiary alicyclic amines) is 1. The molecule has 5 heteroatoms. The zero-order chi connectivity index (χ0) is 10.7. The second-order valence-corrected chi connectivity index (χ2v) is 4.87. The van der Waals surface area contributed by atoms with E-state index in [0.717, 1.165) is 19.6 Å². The van der Waals surface area contributed by atoms with Crippen LogP contribution < -0.4 is 10.6 Å². The first-order chi connectivity index (χ1) is 7.13. The average Bonchev–Trinajstić information content (AvgIpc) is 2.65. The summed E-state index contributed by atoms with van der Waals surface area (Å²) in [6, 6.07) is 0. The maximum absolute atomic E-state index is 11.7. The number of nitrogens with one attached hydrogen (secondary N) is 2. The van der Waals surface area contributed by atoms with Gasteiger partial charge in [-0.15, -0.1) is 0 Å². The lowest BCUT2D eigenvalue weighted by Gasteiger charge is -2.44. The largest absolute Gasteiger partial charge is 0.354 e. The van der Waals surface area contributed by atoms with E-state index in [4.69, 9.17) is 0 Å². The second kappa shape index (κ2) is 2.52. The van der Waals surface area contributed by atoms with Crippen LogP contribution in [-0.4, -0.2) is 48.4 Å². The van der Waals surface area contributed by atoms with Crippen molar-refractivity contribution in [3.63, 3.8) is 0 Å². The third-order valence-electron chi connectivity index (χ3n) is 4.14. The Morgan fingerprint density at radius 1 is 1.27 bits per heavy atom. The van der Waals surface area contributed by atoms with Gasteiger partial charge in [0.1, 0.15) is 5.54 Å². The van der Waals surface area contributed by atoms with Crippen LogP contribution in [0.1, 0.15) is 13.3 Å². The van der Waals surface area contributed by atoms with Gasteiger partial charge in [-0.3, -0.25) is 14.5 Å². The number of hydrogen-bond donors (Lipinski definition) is 2. The Balaban J connectivity index is 1.91. The molecule has 82 valence electrons. The minimum Gasteiger partial charge on any atom is -0.354 e. The van der Waals surface area contributed by atoms with Crippen LogP contribution in [0.2, 0.25) is 0 Å². The molecular weight excluding hydrogens is 194 g/mol. The molecule has 3 aliphatic heterocycles. The Kier molecular flexibility index (Phi) is 1.54. The Morgan fingerprint density at radius 2 is 2.00 bits per heavy atom. The number of β-lactam (4-membered cyclic amide) rings is 2. The fourth-order valence-electron chi connectivity index (χ4n) is 3.10. The van der Waals surface area contributed by atoms with Crippen LogP contribution in [0.5, 0.6) is 0 Å². The van der Waals surface area contributed by atoms with Gasteiger partial charge in [-0.25, -0.2) is 0 Å². The SMILES string of the molecule is CCN1CC2(CNC2=O)CC12CNC2=O. The highest BCUT2D eigenvalue weighted by molar-refractivity contribution is 5.97. The smallest absolute Gasteiger partial charge is 0.242 e. The molecule has 2 unspecified atom stereocenters. The van der Waals surface area contributed by atoms with Gasteiger partial charge in [0.25, 0.3) is 0 Å². The minimum atomic E-state index is -0.369. The Labute approximate surface area is 88.2 Å². The molecule has 0 radical (unpaired) electrons. The Hall–Kier alpha value is -1.10. The van der Waals surface area contributed by atoms with E-state index < -0.39 is 0 Å². The summed E-state index contributed by atoms with van der Waals surface area (Å²) < 4.78 is 0. The fraction of sp³-hybridized carbons (Fsp3) is 0.800. The zero-order valence-corrected chi connectivity index (χ0v) is 8.80. The topological polar surface area (TPSA) is 61.4 Å². The van der Waals surface area contributed by atoms with Crippen LogP contribution in [0.25, 0.3) is 0 Å². The number of hydrogen-bond acceptors (Lipinski definition) is 3. The maximum atomic E-state index is 11.7. The highest BCUT2D eigenvalue weighted by Gasteiger charge is 2.65. The van der Waals surface area contributed by atoms with E-state index in [0.29, 0.717) is 13.0 Å². The molecule has 3 aliphatic rings. The van der Waals surface area contributed by atoms with Gasteiger partial charge in [0.05, 0.1) is 5.41 Å². The van der Waals surface area contributed by atoms with Gasteiger partial charge < -0.3 is 10.6 Å². The lowest BCUT2D eigenvalue weighted by atomic mass is 9.73. The summed E-state index contributed by atoms with van der Waals surface area (Å²) in [7, 11) is 0. The van der Waals surface area contributed by atoms with Crippen molar-refractivity contribution in [2.24, 2.45) is 5.41 Å². The lowest BCUT2D eigenvalue weighted by molar-refractivity contribution is -0.142. The molecule has 5 nitrogen and oxygen atoms in total. The molecule has 3 rings (SSSR count). The summed E-state index contributed by atoms with van der Waals surface area (Å²) >= 11 is 0. The van der Waals surface area contributed by atoms with E-state index in [1.807, 2.05) is 6.92 Å². The molecule has 15 heavy (non-hydrogen) atoms. The standard InChI is InChI=1S/C10H15N3O2/c1-2-13-6-9(4-11-7(9)14)3-10(13)5-12-8(10)15/h2-6H2,1H3,(H,11,14)(H,12,15). The number of rotatable bonds is 1. The van der Waals surface area contributed by atoms with E-state index in [1.54, 1.807) is 0 Å². The molecule has 2 N–H and O–H groups in total. The van der Waals surface area contributed by atoms with Crippen molar-refractivity contribution in [1.82, 2.24) is 15.5 Å². The molecule has 3 fully saturated rings. The molecular formula is C10H15N3O2. The third-order valence-corrected chi connectivity index (χ3v) is 4.14. The molecule has 2 spiro atoms. The molecule has 0 aromatic carbocycles. The van der Waals surface area contributed by atoms with Gasteiger partial charge in [0.2, 0.25) is 11.8 Å². The zero-order valence-electron chi connectivity index (χ0n) is 8.80. The van der Waals surface area contributed by atoms with E-state index in [2.05, 4.69) is 15.5 Å². The van der Waals surface area contributed by atoms with Gasteiger partial charge in [0.15, 0.2) is 0 Å². The molecule has 0 aromatic heterocycles. The van der Waals surface area contributed by atoms with Gasteiger partial charge in [-0.2, -0.15) is 0 Å². The van der Waals surface area contributed by atoms with E-state index in [-0.39, 0.29) is 22.8 Å². The number of amides is 2. The average molecular weight is 209 g/mol. The molecule has 0 aromatic rings. The maximum Gasteiger partial charge on any atom is 0.242 e. The van der Waals surface area contributed by atoms with Crippen molar-refractivity contribution in [2.45, 2.75) is 18.9 Å². The van der Waals surface area contributed by atoms with E-state index in [9.17, 15) is 9.59 Å². The Bertz CT molecular complexity index is 357. The summed E-state index contributed by atoms with van der Waals surface area (Å²) in [5.74, 6) is 0.221. The summed E-state index contributed by atoms with van der Waals surface area (Å²) in [6.07, 6.45) is 0.700. The van der Waals surface area contributed by atoms with Crippen molar-refractivity contribution in [2.75, 3.05) is 26.2 Å². The van der Waals surface area contributed by atoms with E-state index in [1.165, 1.54) is 0 Å². The predicted octanol–water partition coefficient (Wildman–Crippen LogP) is -1.30. The fourth-order valence-corrected chi connectivity index (χ4v) is 3.10. The second-order valence-electron chi connectivity index (χ2n) is 4.87. The molecule has 2 atom stereocenters. The first-order valence-corrected chi connectivity index (χ1v) is 5.45. The molecule has 2 amide bonds. The normalized spacial score (nSPS) is 43.8. The van der Waals surface area contributed by atoms with Gasteiger partial charge in [-0.1, -0.05) is 6.92 Å². The lowest BCUT2D eigenvalue weighted by Crippen LogP contribution is -2.70. The predicted molar refractivity (Wildman–Crippen MR) is 53.0 cm³/mol. The Morgan fingerprint density at radius 3 is 2.27 bits per heavy atom. The summed E-state index contributed by atoms with van der Waals surface area (Å²) in [4.78, 5) is 25.4. The first-order valence-electron chi connectivity index (χ1n) is 5.45. The molecule has 3 heterocycles. The van der Waals surface area contributed by atoms with Crippen LogP contribution >= 0.6 is 0 Å². The monoisotopic (exact) mass is 209 g/mol. The third kappa shape index (κ3) is 0.873. The summed E-state index contributed by atoms with van der Waals surface area (Å²) in [6.45, 7) is 5.06. The number of likely N-dealkylation sites (N-methyl/N-ethyl adjacent to an activating group) is 1. The van der Waals surface area contributed by atoms with Gasteiger partial charge in [-0.05, 0) is 13.0 Å². The van der Waals surface area contributed by atoms with Crippen molar-refractivity contribution in [1.29, 1.82) is 0 Å². The summed E-state index contributed by atoms with van der Waals surface area (Å²) in [5, 5.41) is 5.58. The highest BCUT2D eigenvalue weighted by Crippen LogP contribution is 2.46. The van der Waals surface area contributed by atoms with Crippen LogP contribution in [0, 0.1) is 5.41 Å². The number of carbonyl (C=O) groups excluding carboxylic acids is 2. The molecule has 0 saturated carbocycles. The summed E-state index contributed by atoms with van der Waals surface area (Å²) in [5.41, 5.74) is -0.639. The number of nitrogens with zero attached hydrogens (tertiary/aromatic N) is 1. The van der Waals surface area contributed by atoms with Crippen LogP contribution in [0.3, 0.4) is 0 Å². The minimum absolute atomic E-state index is 0.0981. The molecule has 0 aliphatic carbocycles. The van der Waals surface area contributed by atoms with Gasteiger partial charge >= 0.3 is 0 Å². The van der Waals surface area contributed by atoms with Gasteiger partial charge in [0, 0.05) is 19.6 Å².